The van der Waals surface area contributed by atoms with Crippen LogP contribution in [0.2, 0.25) is 0 Å². The van der Waals surface area contributed by atoms with Gasteiger partial charge in [0.05, 0.1) is 6.04 Å². The van der Waals surface area contributed by atoms with Gasteiger partial charge < -0.3 is 11.1 Å². The molecule has 1 atom stereocenters. The van der Waals surface area contributed by atoms with Crippen LogP contribution in [-0.2, 0) is 4.79 Å². The Bertz CT molecular complexity index is 472. The van der Waals surface area contributed by atoms with Crippen molar-refractivity contribution in [1.82, 2.24) is 0 Å². The molecule has 1 aromatic carbocycles. The van der Waals surface area contributed by atoms with E-state index < -0.39 is 6.04 Å². The van der Waals surface area contributed by atoms with E-state index in [0.29, 0.717) is 18.3 Å². The van der Waals surface area contributed by atoms with Crippen LogP contribution in [0.25, 0.3) is 0 Å². The first kappa shape index (κ1) is 18.1. The third-order valence-corrected chi connectivity index (χ3v) is 4.24. The summed E-state index contributed by atoms with van der Waals surface area (Å²) in [5.41, 5.74) is 9.29. The number of amides is 1. The molecule has 0 radical (unpaired) electrons. The molecule has 0 fully saturated rings. The Morgan fingerprint density at radius 1 is 1.24 bits per heavy atom. The minimum absolute atomic E-state index is 0.0942. The Morgan fingerprint density at radius 2 is 1.90 bits per heavy atom. The SMILES string of the molecule is CSCC[C@H](N)C(=O)Nc1ccc(C(C)C)cc1C(C)C. The fraction of sp³-hybridized carbons (Fsp3) is 0.588. The number of hydrogen-bond donors (Lipinski definition) is 2. The van der Waals surface area contributed by atoms with Crippen molar-refractivity contribution in [3.05, 3.63) is 29.3 Å². The third kappa shape index (κ3) is 5.36. The van der Waals surface area contributed by atoms with Gasteiger partial charge in [0.25, 0.3) is 0 Å². The number of carbonyl (C=O) groups is 1. The standard InChI is InChI=1S/C17H28N2OS/c1-11(2)13-6-7-16(14(10-13)12(3)4)19-17(20)15(18)8-9-21-5/h6-7,10-12,15H,8-9,18H2,1-5H3,(H,19,20)/t15-/m0/s1. The van der Waals surface area contributed by atoms with Gasteiger partial charge in [0.2, 0.25) is 5.91 Å². The van der Waals surface area contributed by atoms with Gasteiger partial charge in [-0.05, 0) is 47.5 Å². The third-order valence-electron chi connectivity index (χ3n) is 3.59. The van der Waals surface area contributed by atoms with Gasteiger partial charge in [-0.3, -0.25) is 4.79 Å². The largest absolute Gasteiger partial charge is 0.324 e. The van der Waals surface area contributed by atoms with Gasteiger partial charge in [0, 0.05) is 5.69 Å². The van der Waals surface area contributed by atoms with Gasteiger partial charge in [-0.2, -0.15) is 11.8 Å². The maximum atomic E-state index is 12.2. The summed E-state index contributed by atoms with van der Waals surface area (Å²) in [6, 6.07) is 5.84. The van der Waals surface area contributed by atoms with Crippen molar-refractivity contribution in [2.45, 2.75) is 52.0 Å². The second kappa shape index (κ2) is 8.44. The topological polar surface area (TPSA) is 55.1 Å². The van der Waals surface area contributed by atoms with Crippen molar-refractivity contribution in [2.24, 2.45) is 5.73 Å². The number of benzene rings is 1. The molecule has 0 saturated carbocycles. The first-order valence-electron chi connectivity index (χ1n) is 7.56. The molecule has 1 rings (SSSR count). The number of nitrogens with one attached hydrogen (secondary N) is 1. The summed E-state index contributed by atoms with van der Waals surface area (Å²) in [4.78, 5) is 12.2. The highest BCUT2D eigenvalue weighted by atomic mass is 32.2. The second-order valence-corrected chi connectivity index (χ2v) is 7.02. The monoisotopic (exact) mass is 308 g/mol. The molecule has 1 aromatic rings. The molecule has 118 valence electrons. The summed E-state index contributed by atoms with van der Waals surface area (Å²) in [6.07, 6.45) is 2.72. The predicted octanol–water partition coefficient (Wildman–Crippen LogP) is 3.95. The van der Waals surface area contributed by atoms with Crippen LogP contribution < -0.4 is 11.1 Å². The van der Waals surface area contributed by atoms with Crippen LogP contribution in [0.15, 0.2) is 18.2 Å². The molecule has 3 nitrogen and oxygen atoms in total. The van der Waals surface area contributed by atoms with Crippen LogP contribution in [0, 0.1) is 0 Å². The highest BCUT2D eigenvalue weighted by Gasteiger charge is 2.16. The smallest absolute Gasteiger partial charge is 0.241 e. The molecule has 0 heterocycles. The van der Waals surface area contributed by atoms with E-state index in [1.165, 1.54) is 11.1 Å². The Kier molecular flexibility index (Phi) is 7.26. The molecule has 0 saturated heterocycles. The van der Waals surface area contributed by atoms with Crippen LogP contribution in [0.1, 0.15) is 57.1 Å². The molecule has 0 aliphatic heterocycles. The lowest BCUT2D eigenvalue weighted by molar-refractivity contribution is -0.117. The molecule has 1 amide bonds. The maximum absolute atomic E-state index is 12.2. The van der Waals surface area contributed by atoms with Crippen LogP contribution >= 0.6 is 11.8 Å². The molecule has 4 heteroatoms. The summed E-state index contributed by atoms with van der Waals surface area (Å²) < 4.78 is 0. The number of hydrogen-bond acceptors (Lipinski definition) is 3. The van der Waals surface area contributed by atoms with Crippen molar-refractivity contribution in [3.63, 3.8) is 0 Å². The van der Waals surface area contributed by atoms with E-state index in [1.54, 1.807) is 11.8 Å². The number of thioether (sulfide) groups is 1. The maximum Gasteiger partial charge on any atom is 0.241 e. The van der Waals surface area contributed by atoms with Crippen LogP contribution in [0.5, 0.6) is 0 Å². The molecule has 0 spiro atoms. The zero-order valence-electron chi connectivity index (χ0n) is 13.8. The minimum Gasteiger partial charge on any atom is -0.324 e. The van der Waals surface area contributed by atoms with E-state index in [-0.39, 0.29) is 5.91 Å². The zero-order valence-corrected chi connectivity index (χ0v) is 14.6. The fourth-order valence-electron chi connectivity index (χ4n) is 2.13. The molecule has 0 aromatic heterocycles. The number of rotatable bonds is 7. The zero-order chi connectivity index (χ0) is 16.0. The molecular weight excluding hydrogens is 280 g/mol. The van der Waals surface area contributed by atoms with Crippen molar-refractivity contribution in [3.8, 4) is 0 Å². The first-order chi connectivity index (χ1) is 9.86. The second-order valence-electron chi connectivity index (χ2n) is 6.03. The highest BCUT2D eigenvalue weighted by molar-refractivity contribution is 7.98. The summed E-state index contributed by atoms with van der Waals surface area (Å²) in [6.45, 7) is 8.64. The first-order valence-corrected chi connectivity index (χ1v) is 8.95. The lowest BCUT2D eigenvalue weighted by Crippen LogP contribution is -2.36. The summed E-state index contributed by atoms with van der Waals surface area (Å²) in [5, 5.41) is 2.99. The molecule has 3 N–H and O–H groups in total. The summed E-state index contributed by atoms with van der Waals surface area (Å²) in [7, 11) is 0. The highest BCUT2D eigenvalue weighted by Crippen LogP contribution is 2.28. The normalized spacial score (nSPS) is 12.8. The summed E-state index contributed by atoms with van der Waals surface area (Å²) in [5.74, 6) is 1.65. The molecule has 0 bridgehead atoms. The van der Waals surface area contributed by atoms with Gasteiger partial charge in [-0.25, -0.2) is 0 Å². The molecule has 0 aliphatic rings. The Balaban J connectivity index is 2.89. The van der Waals surface area contributed by atoms with E-state index in [0.717, 1.165) is 11.4 Å². The van der Waals surface area contributed by atoms with E-state index in [1.807, 2.05) is 12.3 Å². The summed E-state index contributed by atoms with van der Waals surface area (Å²) >= 11 is 1.71. The van der Waals surface area contributed by atoms with Crippen molar-refractivity contribution >= 4 is 23.4 Å². The van der Waals surface area contributed by atoms with Crippen LogP contribution in [0.3, 0.4) is 0 Å². The Labute approximate surface area is 133 Å². The molecule has 0 aliphatic carbocycles. The predicted molar refractivity (Wildman–Crippen MR) is 94.2 cm³/mol. The van der Waals surface area contributed by atoms with Crippen molar-refractivity contribution < 1.29 is 4.79 Å². The van der Waals surface area contributed by atoms with Gasteiger partial charge in [-0.15, -0.1) is 0 Å². The average molecular weight is 308 g/mol. The quantitative estimate of drug-likeness (QED) is 0.802. The van der Waals surface area contributed by atoms with Crippen LogP contribution in [0.4, 0.5) is 5.69 Å². The lowest BCUT2D eigenvalue weighted by Gasteiger charge is -2.18. The number of carbonyl (C=O) groups excluding carboxylic acids is 1. The van der Waals surface area contributed by atoms with Gasteiger partial charge in [-0.1, -0.05) is 39.8 Å². The Morgan fingerprint density at radius 3 is 2.43 bits per heavy atom. The van der Waals surface area contributed by atoms with Gasteiger partial charge >= 0.3 is 0 Å². The van der Waals surface area contributed by atoms with Gasteiger partial charge in [0.1, 0.15) is 0 Å². The molecule has 21 heavy (non-hydrogen) atoms. The average Bonchev–Trinajstić information content (AvgIpc) is 2.44. The Hall–Kier alpha value is -1.00. The fourth-order valence-corrected chi connectivity index (χ4v) is 2.62. The number of anilines is 1. The number of nitrogens with two attached hydrogens (primary N) is 1. The minimum atomic E-state index is -0.442. The van der Waals surface area contributed by atoms with Gasteiger partial charge in [0.15, 0.2) is 0 Å². The van der Waals surface area contributed by atoms with Crippen molar-refractivity contribution in [2.75, 3.05) is 17.3 Å². The van der Waals surface area contributed by atoms with E-state index in [4.69, 9.17) is 5.73 Å². The van der Waals surface area contributed by atoms with E-state index >= 15 is 0 Å². The molecular formula is C17H28N2OS. The van der Waals surface area contributed by atoms with Crippen LogP contribution in [-0.4, -0.2) is 24.0 Å². The van der Waals surface area contributed by atoms with E-state index in [9.17, 15) is 4.79 Å². The molecule has 0 unspecified atom stereocenters. The van der Waals surface area contributed by atoms with E-state index in [2.05, 4.69) is 45.1 Å². The lowest BCUT2D eigenvalue weighted by atomic mass is 9.94. The van der Waals surface area contributed by atoms with Crippen molar-refractivity contribution in [1.29, 1.82) is 0 Å².